The normalized spacial score (nSPS) is 11.6. The summed E-state index contributed by atoms with van der Waals surface area (Å²) < 4.78 is 7.46. The van der Waals surface area contributed by atoms with Crippen molar-refractivity contribution in [3.8, 4) is 0 Å². The number of ether oxygens (including phenoxy) is 1. The highest BCUT2D eigenvalue weighted by Crippen LogP contribution is 2.29. The minimum Gasteiger partial charge on any atom is -0.462 e. The number of benzene rings is 1. The van der Waals surface area contributed by atoms with Crippen LogP contribution in [-0.2, 0) is 11.3 Å². The minimum absolute atomic E-state index is 0.343. The molecular weight excluding hydrogens is 364 g/mol. The van der Waals surface area contributed by atoms with E-state index in [9.17, 15) is 4.79 Å². The standard InChI is InChI=1S/C23H32N4O2/c1-4-5-6-7-10-15-29-23(28)19-20-22(27(21(19)24)14-13-16(2)3)26-18-12-9-8-11-17(18)25-20/h8-9,11-12,16H,4-7,10,13-15,24H2,1-3H3. The van der Waals surface area contributed by atoms with Crippen molar-refractivity contribution in [2.75, 3.05) is 12.3 Å². The molecule has 2 heterocycles. The summed E-state index contributed by atoms with van der Waals surface area (Å²) in [6.45, 7) is 7.61. The summed E-state index contributed by atoms with van der Waals surface area (Å²) in [7, 11) is 0. The minimum atomic E-state index is -0.407. The summed E-state index contributed by atoms with van der Waals surface area (Å²) in [5, 5.41) is 0. The number of nitrogens with zero attached hydrogens (tertiary/aromatic N) is 3. The largest absolute Gasteiger partial charge is 0.462 e. The monoisotopic (exact) mass is 396 g/mol. The fourth-order valence-electron chi connectivity index (χ4n) is 3.47. The first-order valence-electron chi connectivity index (χ1n) is 10.7. The van der Waals surface area contributed by atoms with E-state index in [-0.39, 0.29) is 0 Å². The Hall–Kier alpha value is -2.63. The number of rotatable bonds is 10. The van der Waals surface area contributed by atoms with Crippen LogP contribution in [0.4, 0.5) is 5.82 Å². The van der Waals surface area contributed by atoms with E-state index in [0.717, 1.165) is 30.3 Å². The maximum Gasteiger partial charge on any atom is 0.344 e. The molecule has 0 fully saturated rings. The lowest BCUT2D eigenvalue weighted by molar-refractivity contribution is 0.0501. The third kappa shape index (κ3) is 4.86. The van der Waals surface area contributed by atoms with Crippen molar-refractivity contribution in [2.24, 2.45) is 5.92 Å². The van der Waals surface area contributed by atoms with E-state index >= 15 is 0 Å². The second kappa shape index (κ2) is 9.72. The predicted octanol–water partition coefficient (Wildman–Crippen LogP) is 5.34. The Labute approximate surface area is 172 Å². The van der Waals surface area contributed by atoms with Crippen LogP contribution in [0.25, 0.3) is 22.2 Å². The fraction of sp³-hybridized carbons (Fsp3) is 0.522. The zero-order valence-corrected chi connectivity index (χ0v) is 17.8. The molecule has 0 aliphatic rings. The number of carbonyl (C=O) groups excluding carboxylic acids is 1. The van der Waals surface area contributed by atoms with Gasteiger partial charge in [-0.05, 0) is 30.9 Å². The molecule has 0 bridgehead atoms. The molecule has 0 atom stereocenters. The summed E-state index contributed by atoms with van der Waals surface area (Å²) in [6, 6.07) is 7.66. The Morgan fingerprint density at radius 2 is 1.79 bits per heavy atom. The second-order valence-electron chi connectivity index (χ2n) is 8.03. The first-order chi connectivity index (χ1) is 14.0. The molecule has 6 nitrogen and oxygen atoms in total. The lowest BCUT2D eigenvalue weighted by atomic mass is 10.1. The Balaban J connectivity index is 1.91. The summed E-state index contributed by atoms with van der Waals surface area (Å²) in [5.74, 6) is 0.501. The smallest absolute Gasteiger partial charge is 0.344 e. The Bertz CT molecular complexity index is 978. The first-order valence-corrected chi connectivity index (χ1v) is 10.7. The van der Waals surface area contributed by atoms with Crippen molar-refractivity contribution in [3.63, 3.8) is 0 Å². The van der Waals surface area contributed by atoms with Gasteiger partial charge in [-0.15, -0.1) is 0 Å². The number of hydrogen-bond acceptors (Lipinski definition) is 5. The summed E-state index contributed by atoms with van der Waals surface area (Å²) >= 11 is 0. The summed E-state index contributed by atoms with van der Waals surface area (Å²) in [6.07, 6.45) is 6.45. The van der Waals surface area contributed by atoms with Gasteiger partial charge < -0.3 is 15.0 Å². The summed E-state index contributed by atoms with van der Waals surface area (Å²) in [4.78, 5) is 22.3. The van der Waals surface area contributed by atoms with Gasteiger partial charge in [-0.25, -0.2) is 14.8 Å². The van der Waals surface area contributed by atoms with Gasteiger partial charge in [-0.2, -0.15) is 0 Å². The highest BCUT2D eigenvalue weighted by molar-refractivity contribution is 6.08. The molecule has 2 aromatic heterocycles. The molecule has 0 unspecified atom stereocenters. The number of unbranched alkanes of at least 4 members (excludes halogenated alkanes) is 4. The van der Waals surface area contributed by atoms with E-state index in [0.29, 0.717) is 41.6 Å². The second-order valence-corrected chi connectivity index (χ2v) is 8.03. The predicted molar refractivity (Wildman–Crippen MR) is 118 cm³/mol. The number of hydrogen-bond donors (Lipinski definition) is 1. The molecule has 3 aromatic rings. The van der Waals surface area contributed by atoms with Crippen LogP contribution in [-0.4, -0.2) is 27.1 Å². The molecule has 29 heavy (non-hydrogen) atoms. The van der Waals surface area contributed by atoms with Crippen molar-refractivity contribution in [1.29, 1.82) is 0 Å². The van der Waals surface area contributed by atoms with E-state index in [1.807, 2.05) is 28.8 Å². The SMILES string of the molecule is CCCCCCCOC(=O)c1c(N)n(CCC(C)C)c2nc3ccccc3nc12. The molecule has 0 aliphatic carbocycles. The average molecular weight is 397 g/mol. The van der Waals surface area contributed by atoms with E-state index in [1.165, 1.54) is 19.3 Å². The van der Waals surface area contributed by atoms with Gasteiger partial charge in [0.05, 0.1) is 17.6 Å². The van der Waals surface area contributed by atoms with E-state index in [2.05, 4.69) is 20.8 Å². The molecule has 0 aliphatic heterocycles. The van der Waals surface area contributed by atoms with Gasteiger partial charge in [-0.3, -0.25) is 0 Å². The van der Waals surface area contributed by atoms with Gasteiger partial charge >= 0.3 is 5.97 Å². The number of nitrogen functional groups attached to an aromatic ring is 1. The molecule has 0 radical (unpaired) electrons. The third-order valence-electron chi connectivity index (χ3n) is 5.21. The number of anilines is 1. The first kappa shape index (κ1) is 21.1. The Morgan fingerprint density at radius 1 is 1.10 bits per heavy atom. The van der Waals surface area contributed by atoms with E-state index < -0.39 is 5.97 Å². The van der Waals surface area contributed by atoms with Gasteiger partial charge in [0.1, 0.15) is 16.9 Å². The number of fused-ring (bicyclic) bond motifs is 2. The lowest BCUT2D eigenvalue weighted by Crippen LogP contribution is -2.11. The Morgan fingerprint density at radius 3 is 2.48 bits per heavy atom. The number of para-hydroxylation sites is 2. The fourth-order valence-corrected chi connectivity index (χ4v) is 3.47. The highest BCUT2D eigenvalue weighted by atomic mass is 16.5. The molecule has 1 aromatic carbocycles. The maximum absolute atomic E-state index is 12.9. The Kier molecular flexibility index (Phi) is 7.07. The molecule has 2 N–H and O–H groups in total. The van der Waals surface area contributed by atoms with Crippen molar-refractivity contribution in [3.05, 3.63) is 29.8 Å². The van der Waals surface area contributed by atoms with E-state index in [4.69, 9.17) is 20.4 Å². The van der Waals surface area contributed by atoms with Crippen LogP contribution in [0.5, 0.6) is 0 Å². The van der Waals surface area contributed by atoms with Gasteiger partial charge in [0.15, 0.2) is 5.65 Å². The van der Waals surface area contributed by atoms with Crippen LogP contribution >= 0.6 is 0 Å². The number of esters is 1. The van der Waals surface area contributed by atoms with Gasteiger partial charge in [0.2, 0.25) is 0 Å². The van der Waals surface area contributed by atoms with E-state index in [1.54, 1.807) is 0 Å². The molecule has 156 valence electrons. The maximum atomic E-state index is 12.9. The number of aryl methyl sites for hydroxylation is 1. The lowest BCUT2D eigenvalue weighted by Gasteiger charge is -2.09. The summed E-state index contributed by atoms with van der Waals surface area (Å²) in [5.41, 5.74) is 9.48. The van der Waals surface area contributed by atoms with Crippen LogP contribution in [0.3, 0.4) is 0 Å². The van der Waals surface area contributed by atoms with Crippen molar-refractivity contribution >= 4 is 34.0 Å². The molecule has 3 rings (SSSR count). The van der Waals surface area contributed by atoms with Crippen molar-refractivity contribution in [1.82, 2.24) is 14.5 Å². The number of carbonyl (C=O) groups is 1. The topological polar surface area (TPSA) is 83.0 Å². The quantitative estimate of drug-likeness (QED) is 0.369. The van der Waals surface area contributed by atoms with Crippen LogP contribution in [0, 0.1) is 5.92 Å². The van der Waals surface area contributed by atoms with Crippen molar-refractivity contribution in [2.45, 2.75) is 65.8 Å². The third-order valence-corrected chi connectivity index (χ3v) is 5.21. The van der Waals surface area contributed by atoms with Crippen LogP contribution in [0.15, 0.2) is 24.3 Å². The van der Waals surface area contributed by atoms with Gasteiger partial charge in [-0.1, -0.05) is 58.6 Å². The van der Waals surface area contributed by atoms with Crippen LogP contribution < -0.4 is 5.73 Å². The molecular formula is C23H32N4O2. The molecule has 0 amide bonds. The number of aromatic nitrogens is 3. The van der Waals surface area contributed by atoms with Crippen LogP contribution in [0.1, 0.15) is 69.7 Å². The molecule has 0 saturated heterocycles. The molecule has 6 heteroatoms. The highest BCUT2D eigenvalue weighted by Gasteiger charge is 2.25. The average Bonchev–Trinajstić information content (AvgIpc) is 2.97. The van der Waals surface area contributed by atoms with Crippen molar-refractivity contribution < 1.29 is 9.53 Å². The molecule has 0 saturated carbocycles. The zero-order chi connectivity index (χ0) is 20.8. The number of nitrogens with two attached hydrogens (primary N) is 1. The zero-order valence-electron chi connectivity index (χ0n) is 17.8. The van der Waals surface area contributed by atoms with Gasteiger partial charge in [0, 0.05) is 6.54 Å². The van der Waals surface area contributed by atoms with Crippen LogP contribution in [0.2, 0.25) is 0 Å². The van der Waals surface area contributed by atoms with Gasteiger partial charge in [0.25, 0.3) is 0 Å². The molecule has 0 spiro atoms.